The second-order valence-electron chi connectivity index (χ2n) is 4.59. The Morgan fingerprint density at radius 1 is 1.33 bits per heavy atom. The third-order valence-corrected chi connectivity index (χ3v) is 4.59. The maximum atomic E-state index is 11.9. The Bertz CT molecular complexity index is 278. The molecule has 3 nitrogen and oxygen atoms in total. The van der Waals surface area contributed by atoms with E-state index >= 15 is 0 Å². The van der Waals surface area contributed by atoms with E-state index in [1.54, 1.807) is 11.8 Å². The first-order valence-corrected chi connectivity index (χ1v) is 7.19. The van der Waals surface area contributed by atoms with E-state index < -0.39 is 18.6 Å². The van der Waals surface area contributed by atoms with Gasteiger partial charge < -0.3 is 10.6 Å². The monoisotopic (exact) mass is 284 g/mol. The smallest absolute Gasteiger partial charge is 0.346 e. The summed E-state index contributed by atoms with van der Waals surface area (Å²) in [6.45, 7) is -0.646. The first-order chi connectivity index (χ1) is 8.37. The molecule has 0 heterocycles. The minimum absolute atomic E-state index is 0.0572. The van der Waals surface area contributed by atoms with Crippen molar-refractivity contribution in [1.82, 2.24) is 10.6 Å². The number of carbonyl (C=O) groups is 1. The minimum Gasteiger partial charge on any atom is -0.346 e. The highest BCUT2D eigenvalue weighted by Gasteiger charge is 2.32. The van der Waals surface area contributed by atoms with Gasteiger partial charge in [0, 0.05) is 11.3 Å². The van der Waals surface area contributed by atoms with Gasteiger partial charge in [-0.2, -0.15) is 24.9 Å². The van der Waals surface area contributed by atoms with Crippen LogP contribution >= 0.6 is 11.8 Å². The van der Waals surface area contributed by atoms with Gasteiger partial charge in [-0.25, -0.2) is 0 Å². The molecule has 0 aromatic rings. The van der Waals surface area contributed by atoms with E-state index in [0.717, 1.165) is 12.8 Å². The Morgan fingerprint density at radius 3 is 2.44 bits per heavy atom. The van der Waals surface area contributed by atoms with Gasteiger partial charge in [0.2, 0.25) is 5.91 Å². The molecule has 0 atom stereocenters. The zero-order valence-corrected chi connectivity index (χ0v) is 11.2. The van der Waals surface area contributed by atoms with Gasteiger partial charge >= 0.3 is 6.18 Å². The molecule has 18 heavy (non-hydrogen) atoms. The van der Waals surface area contributed by atoms with Crippen molar-refractivity contribution < 1.29 is 18.0 Å². The normalized spacial score (nSPS) is 18.9. The van der Waals surface area contributed by atoms with Gasteiger partial charge in [0.1, 0.15) is 6.54 Å². The van der Waals surface area contributed by atoms with Gasteiger partial charge in [-0.1, -0.05) is 12.8 Å². The summed E-state index contributed by atoms with van der Waals surface area (Å²) in [6, 6.07) is 0. The SMILES string of the molecule is CSC1(CNCC(=O)NCC(F)(F)F)CCCC1. The maximum absolute atomic E-state index is 11.9. The molecule has 0 unspecified atom stereocenters. The minimum atomic E-state index is -4.35. The van der Waals surface area contributed by atoms with Crippen LogP contribution in [0.1, 0.15) is 25.7 Å². The first kappa shape index (κ1) is 15.6. The largest absolute Gasteiger partial charge is 0.405 e. The average molecular weight is 284 g/mol. The fourth-order valence-corrected chi connectivity index (χ4v) is 3.08. The molecule has 1 aliphatic rings. The zero-order chi connectivity index (χ0) is 13.6. The average Bonchev–Trinajstić information content (AvgIpc) is 2.75. The van der Waals surface area contributed by atoms with Crippen LogP contribution < -0.4 is 10.6 Å². The topological polar surface area (TPSA) is 41.1 Å². The van der Waals surface area contributed by atoms with E-state index in [1.165, 1.54) is 12.8 Å². The van der Waals surface area contributed by atoms with Gasteiger partial charge in [-0.15, -0.1) is 0 Å². The third kappa shape index (κ3) is 5.48. The lowest BCUT2D eigenvalue weighted by Gasteiger charge is -2.26. The van der Waals surface area contributed by atoms with E-state index in [9.17, 15) is 18.0 Å². The van der Waals surface area contributed by atoms with Gasteiger partial charge in [0.25, 0.3) is 0 Å². The fourth-order valence-electron chi connectivity index (χ4n) is 2.14. The fraction of sp³-hybridized carbons (Fsp3) is 0.909. The number of alkyl halides is 3. The van der Waals surface area contributed by atoms with Gasteiger partial charge in [0.05, 0.1) is 6.54 Å². The number of rotatable bonds is 6. The van der Waals surface area contributed by atoms with Gasteiger partial charge in [0.15, 0.2) is 0 Å². The molecule has 106 valence electrons. The molecule has 1 amide bonds. The predicted molar refractivity (Wildman–Crippen MR) is 66.6 cm³/mol. The Balaban J connectivity index is 2.19. The van der Waals surface area contributed by atoms with Crippen molar-refractivity contribution in [1.29, 1.82) is 0 Å². The Morgan fingerprint density at radius 2 is 1.94 bits per heavy atom. The lowest BCUT2D eigenvalue weighted by atomic mass is 10.1. The molecule has 0 spiro atoms. The highest BCUT2D eigenvalue weighted by Crippen LogP contribution is 2.39. The number of carbonyl (C=O) groups excluding carboxylic acids is 1. The van der Waals surface area contributed by atoms with Crippen LogP contribution in [0.3, 0.4) is 0 Å². The van der Waals surface area contributed by atoms with E-state index in [4.69, 9.17) is 0 Å². The van der Waals surface area contributed by atoms with Crippen LogP contribution in [0, 0.1) is 0 Å². The molecule has 1 fully saturated rings. The number of halogens is 3. The van der Waals surface area contributed by atoms with Crippen LogP contribution in [0.25, 0.3) is 0 Å². The highest BCUT2D eigenvalue weighted by molar-refractivity contribution is 8.00. The summed E-state index contributed by atoms with van der Waals surface area (Å²) in [6.07, 6.45) is 2.26. The molecule has 0 aliphatic heterocycles. The second kappa shape index (κ2) is 6.65. The van der Waals surface area contributed by atoms with Crippen molar-refractivity contribution in [2.24, 2.45) is 0 Å². The highest BCUT2D eigenvalue weighted by atomic mass is 32.2. The zero-order valence-electron chi connectivity index (χ0n) is 10.4. The Kier molecular flexibility index (Phi) is 5.78. The number of thioether (sulfide) groups is 1. The van der Waals surface area contributed by atoms with E-state index in [-0.39, 0.29) is 11.3 Å². The van der Waals surface area contributed by atoms with E-state index in [2.05, 4.69) is 5.32 Å². The summed E-state index contributed by atoms with van der Waals surface area (Å²) >= 11 is 1.77. The number of amides is 1. The molecule has 1 saturated carbocycles. The molecule has 1 rings (SSSR count). The molecule has 1 aliphatic carbocycles. The third-order valence-electron chi connectivity index (χ3n) is 3.17. The van der Waals surface area contributed by atoms with Crippen LogP contribution in [0.5, 0.6) is 0 Å². The van der Waals surface area contributed by atoms with Crippen molar-refractivity contribution in [2.75, 3.05) is 25.9 Å². The van der Waals surface area contributed by atoms with Crippen molar-refractivity contribution in [2.45, 2.75) is 36.6 Å². The quantitative estimate of drug-likeness (QED) is 0.783. The van der Waals surface area contributed by atoms with Crippen LogP contribution in [-0.4, -0.2) is 42.7 Å². The summed E-state index contributed by atoms with van der Waals surface area (Å²) in [5.41, 5.74) is 0. The molecule has 0 aromatic carbocycles. The van der Waals surface area contributed by atoms with Crippen LogP contribution in [0.15, 0.2) is 0 Å². The first-order valence-electron chi connectivity index (χ1n) is 5.96. The molecule has 2 N–H and O–H groups in total. The summed E-state index contributed by atoms with van der Waals surface area (Å²) in [4.78, 5) is 11.2. The standard InChI is InChI=1S/C11H19F3N2OS/c1-18-10(4-2-3-5-10)7-15-6-9(17)16-8-11(12,13)14/h15H,2-8H2,1H3,(H,16,17). The molecular formula is C11H19F3N2OS. The second-order valence-corrected chi connectivity index (χ2v) is 5.86. The lowest BCUT2D eigenvalue weighted by Crippen LogP contribution is -2.43. The van der Waals surface area contributed by atoms with E-state index in [0.29, 0.717) is 6.54 Å². The van der Waals surface area contributed by atoms with Gasteiger partial charge in [-0.3, -0.25) is 4.79 Å². The van der Waals surface area contributed by atoms with E-state index in [1.807, 2.05) is 11.6 Å². The number of hydrogen-bond donors (Lipinski definition) is 2. The van der Waals surface area contributed by atoms with Crippen molar-refractivity contribution in [3.63, 3.8) is 0 Å². The predicted octanol–water partition coefficient (Wildman–Crippen LogP) is 1.93. The summed E-state index contributed by atoms with van der Waals surface area (Å²) < 4.78 is 35.7. The Labute approximate surface area is 109 Å². The summed E-state index contributed by atoms with van der Waals surface area (Å²) in [7, 11) is 0. The van der Waals surface area contributed by atoms with Crippen LogP contribution in [-0.2, 0) is 4.79 Å². The van der Waals surface area contributed by atoms with Gasteiger partial charge in [-0.05, 0) is 19.1 Å². The van der Waals surface area contributed by atoms with Crippen LogP contribution in [0.4, 0.5) is 13.2 Å². The van der Waals surface area contributed by atoms with Crippen molar-refractivity contribution >= 4 is 17.7 Å². The molecule has 0 bridgehead atoms. The molecule has 7 heteroatoms. The van der Waals surface area contributed by atoms with Crippen molar-refractivity contribution in [3.05, 3.63) is 0 Å². The van der Waals surface area contributed by atoms with Crippen molar-refractivity contribution in [3.8, 4) is 0 Å². The summed E-state index contributed by atoms with van der Waals surface area (Å²) in [5.74, 6) is -0.610. The lowest BCUT2D eigenvalue weighted by molar-refractivity contribution is -0.137. The molecule has 0 radical (unpaired) electrons. The molecule has 0 saturated heterocycles. The maximum Gasteiger partial charge on any atom is 0.405 e. The molecule has 0 aromatic heterocycles. The number of hydrogen-bond acceptors (Lipinski definition) is 3. The Hall–Kier alpha value is -0.430. The number of nitrogens with one attached hydrogen (secondary N) is 2. The molecular weight excluding hydrogens is 265 g/mol. The van der Waals surface area contributed by atoms with Crippen LogP contribution in [0.2, 0.25) is 0 Å². The summed E-state index contributed by atoms with van der Waals surface area (Å²) in [5, 5.41) is 4.80.